The summed E-state index contributed by atoms with van der Waals surface area (Å²) in [5.41, 5.74) is 9.23. The van der Waals surface area contributed by atoms with E-state index in [2.05, 4.69) is 46.5 Å². The van der Waals surface area contributed by atoms with E-state index >= 15 is 0 Å². The molecule has 0 spiro atoms. The number of carbonyl (C=O) groups excluding carboxylic acids is 4. The molecule has 0 saturated heterocycles. The normalized spacial score (nSPS) is 14.3. The SMILES string of the molecule is Cc1cc(O)cc(C)c1C[C@H](N)C(=O)N[C@@H](C(=O)NCC(=O)N[C@@H](Cc1ccccc1)C(=O)N[C@@H](C(=O)O)C(C)(C)S)C(C)(C)S. The molecule has 2 rings (SSSR count). The third kappa shape index (κ3) is 11.6. The molecule has 0 aromatic heterocycles. The zero-order valence-corrected chi connectivity index (χ0v) is 28.7. The number of phenolic OH excluding ortho intramolecular Hbond substituents is 1. The fraction of sp³-hybridized carbons (Fsp3) is 0.469. The predicted molar refractivity (Wildman–Crippen MR) is 182 cm³/mol. The van der Waals surface area contributed by atoms with Crippen molar-refractivity contribution >= 4 is 54.9 Å². The first kappa shape index (κ1) is 38.4. The summed E-state index contributed by atoms with van der Waals surface area (Å²) >= 11 is 8.77. The van der Waals surface area contributed by atoms with E-state index in [0.29, 0.717) is 5.56 Å². The maximum atomic E-state index is 13.2. The first-order chi connectivity index (χ1) is 21.2. The Morgan fingerprint density at radius 1 is 0.804 bits per heavy atom. The van der Waals surface area contributed by atoms with E-state index in [-0.39, 0.29) is 18.6 Å². The Balaban J connectivity index is 2.13. The van der Waals surface area contributed by atoms with E-state index in [0.717, 1.165) is 16.7 Å². The maximum Gasteiger partial charge on any atom is 0.327 e. The Bertz CT molecular complexity index is 1400. The largest absolute Gasteiger partial charge is 0.508 e. The predicted octanol–water partition coefficient (Wildman–Crippen LogP) is 1.19. The third-order valence-corrected chi connectivity index (χ3v) is 7.81. The van der Waals surface area contributed by atoms with Gasteiger partial charge in [0.25, 0.3) is 0 Å². The topological polar surface area (TPSA) is 200 Å². The number of benzene rings is 2. The van der Waals surface area contributed by atoms with Gasteiger partial charge in [0.2, 0.25) is 23.6 Å². The number of aromatic hydroxyl groups is 1. The first-order valence-corrected chi connectivity index (χ1v) is 15.5. The van der Waals surface area contributed by atoms with Crippen LogP contribution in [0.2, 0.25) is 0 Å². The van der Waals surface area contributed by atoms with E-state index in [1.807, 2.05) is 0 Å². The van der Waals surface area contributed by atoms with Crippen LogP contribution in [-0.4, -0.2) is 80.0 Å². The minimum atomic E-state index is -1.35. The molecule has 0 heterocycles. The minimum Gasteiger partial charge on any atom is -0.508 e. The highest BCUT2D eigenvalue weighted by Crippen LogP contribution is 2.23. The van der Waals surface area contributed by atoms with Crippen LogP contribution in [0, 0.1) is 13.8 Å². The maximum absolute atomic E-state index is 13.2. The Kier molecular flexibility index (Phi) is 13.5. The molecule has 46 heavy (non-hydrogen) atoms. The number of hydrogen-bond donors (Lipinski definition) is 9. The molecule has 0 saturated carbocycles. The summed E-state index contributed by atoms with van der Waals surface area (Å²) in [4.78, 5) is 64.3. The summed E-state index contributed by atoms with van der Waals surface area (Å²) in [5, 5.41) is 29.6. The van der Waals surface area contributed by atoms with Crippen LogP contribution in [0.5, 0.6) is 5.75 Å². The smallest absolute Gasteiger partial charge is 0.327 e. The van der Waals surface area contributed by atoms with Gasteiger partial charge in [-0.05, 0) is 82.3 Å². The number of hydrogen-bond acceptors (Lipinski definition) is 9. The van der Waals surface area contributed by atoms with Crippen molar-refractivity contribution in [2.75, 3.05) is 6.54 Å². The van der Waals surface area contributed by atoms with Gasteiger partial charge in [0.1, 0.15) is 23.9 Å². The lowest BCUT2D eigenvalue weighted by Gasteiger charge is -2.31. The average molecular weight is 676 g/mol. The van der Waals surface area contributed by atoms with Gasteiger partial charge in [0.15, 0.2) is 0 Å². The van der Waals surface area contributed by atoms with Crippen LogP contribution in [-0.2, 0) is 36.8 Å². The molecule has 4 atom stereocenters. The Morgan fingerprint density at radius 2 is 1.33 bits per heavy atom. The van der Waals surface area contributed by atoms with Crippen molar-refractivity contribution in [2.45, 2.75) is 88.0 Å². The van der Waals surface area contributed by atoms with Crippen molar-refractivity contribution in [2.24, 2.45) is 5.73 Å². The van der Waals surface area contributed by atoms with Gasteiger partial charge in [-0.15, -0.1) is 0 Å². The van der Waals surface area contributed by atoms with E-state index in [9.17, 15) is 34.2 Å². The number of rotatable bonds is 15. The highest BCUT2D eigenvalue weighted by atomic mass is 32.1. The molecule has 0 aliphatic carbocycles. The molecule has 2 aromatic rings. The molecule has 12 nitrogen and oxygen atoms in total. The Labute approximate surface area is 280 Å². The summed E-state index contributed by atoms with van der Waals surface area (Å²) in [6, 6.07) is 7.22. The van der Waals surface area contributed by atoms with Crippen LogP contribution in [0.4, 0.5) is 0 Å². The number of aliphatic carboxylic acids is 1. The highest BCUT2D eigenvalue weighted by Gasteiger charge is 2.37. The van der Waals surface area contributed by atoms with Gasteiger partial charge in [0.05, 0.1) is 12.6 Å². The third-order valence-electron chi connectivity index (χ3n) is 7.29. The number of thiol groups is 2. The Hall–Kier alpha value is -3.75. The van der Waals surface area contributed by atoms with Crippen molar-refractivity contribution in [3.05, 3.63) is 64.7 Å². The molecule has 14 heteroatoms. The summed E-state index contributed by atoms with van der Waals surface area (Å²) in [6.07, 6.45) is 0.206. The minimum absolute atomic E-state index is 0.0475. The quantitative estimate of drug-likeness (QED) is 0.125. The standard InChI is InChI=1S/C32H45N5O7S2/c1-17-12-20(38)13-18(2)21(17)15-22(33)27(40)36-25(31(3,4)45)29(42)34-16-24(39)35-23(14-19-10-8-7-9-11-19)28(41)37-26(30(43)44)32(5,6)46/h7-13,22-23,25-26,38,45-46H,14-16,33H2,1-6H3,(H,34,42)(H,35,39)(H,36,40)(H,37,41)(H,43,44)/t22-,23-,25-,26-/m0/s1. The van der Waals surface area contributed by atoms with E-state index in [4.69, 9.17) is 5.73 Å². The van der Waals surface area contributed by atoms with Crippen molar-refractivity contribution < 1.29 is 34.2 Å². The molecule has 4 amide bonds. The van der Waals surface area contributed by atoms with Crippen molar-refractivity contribution in [3.63, 3.8) is 0 Å². The van der Waals surface area contributed by atoms with Gasteiger partial charge in [-0.1, -0.05) is 30.3 Å². The summed E-state index contributed by atoms with van der Waals surface area (Å²) in [6.45, 7) is 9.35. The van der Waals surface area contributed by atoms with Crippen molar-refractivity contribution in [1.29, 1.82) is 0 Å². The zero-order chi connectivity index (χ0) is 35.0. The molecule has 0 fully saturated rings. The molecule has 0 bridgehead atoms. The second-order valence-electron chi connectivity index (χ2n) is 12.4. The van der Waals surface area contributed by atoms with Crippen LogP contribution in [0.3, 0.4) is 0 Å². The van der Waals surface area contributed by atoms with Crippen LogP contribution in [0.25, 0.3) is 0 Å². The van der Waals surface area contributed by atoms with E-state index in [1.165, 1.54) is 13.8 Å². The molecule has 0 unspecified atom stereocenters. The number of nitrogens with one attached hydrogen (secondary N) is 4. The molecule has 252 valence electrons. The lowest BCUT2D eigenvalue weighted by atomic mass is 9.95. The number of phenols is 1. The highest BCUT2D eigenvalue weighted by molar-refractivity contribution is 7.82. The number of aryl methyl sites for hydroxylation is 2. The lowest BCUT2D eigenvalue weighted by molar-refractivity contribution is -0.143. The number of carbonyl (C=O) groups is 5. The molecular weight excluding hydrogens is 631 g/mol. The van der Waals surface area contributed by atoms with Crippen LogP contribution < -0.4 is 27.0 Å². The van der Waals surface area contributed by atoms with Crippen molar-refractivity contribution in [3.8, 4) is 5.75 Å². The molecule has 0 aliphatic rings. The van der Waals surface area contributed by atoms with Crippen LogP contribution >= 0.6 is 25.3 Å². The van der Waals surface area contributed by atoms with Gasteiger partial charge in [-0.25, -0.2) is 4.79 Å². The van der Waals surface area contributed by atoms with Crippen LogP contribution in [0.15, 0.2) is 42.5 Å². The molecule has 0 aliphatic heterocycles. The molecule has 8 N–H and O–H groups in total. The number of carboxylic acid groups (broad SMARTS) is 1. The zero-order valence-electron chi connectivity index (χ0n) is 26.9. The van der Waals surface area contributed by atoms with Gasteiger partial charge < -0.3 is 37.2 Å². The molecular formula is C32H45N5O7S2. The van der Waals surface area contributed by atoms with Gasteiger partial charge >= 0.3 is 5.97 Å². The second-order valence-corrected chi connectivity index (χ2v) is 14.7. The monoisotopic (exact) mass is 675 g/mol. The summed E-state index contributed by atoms with van der Waals surface area (Å²) in [7, 11) is 0. The lowest BCUT2D eigenvalue weighted by Crippen LogP contribution is -2.60. The fourth-order valence-electron chi connectivity index (χ4n) is 4.77. The fourth-order valence-corrected chi connectivity index (χ4v) is 5.13. The number of amides is 4. The summed E-state index contributed by atoms with van der Waals surface area (Å²) < 4.78 is -2.18. The number of nitrogens with two attached hydrogens (primary N) is 1. The van der Waals surface area contributed by atoms with Gasteiger partial charge in [-0.2, -0.15) is 25.3 Å². The van der Waals surface area contributed by atoms with Crippen LogP contribution in [0.1, 0.15) is 49.9 Å². The van der Waals surface area contributed by atoms with E-state index in [1.54, 1.807) is 70.2 Å². The second kappa shape index (κ2) is 16.2. The molecule has 2 aromatic carbocycles. The first-order valence-electron chi connectivity index (χ1n) is 14.6. The Morgan fingerprint density at radius 3 is 1.83 bits per heavy atom. The van der Waals surface area contributed by atoms with Crippen molar-refractivity contribution in [1.82, 2.24) is 21.3 Å². The molecule has 0 radical (unpaired) electrons. The van der Waals surface area contributed by atoms with Gasteiger partial charge in [-0.3, -0.25) is 19.2 Å². The van der Waals surface area contributed by atoms with E-state index < -0.39 is 69.8 Å². The number of carboxylic acids is 1. The average Bonchev–Trinajstić information content (AvgIpc) is 2.93. The summed E-state index contributed by atoms with van der Waals surface area (Å²) in [5.74, 6) is -3.97. The van der Waals surface area contributed by atoms with Gasteiger partial charge in [0, 0.05) is 15.9 Å².